The molecule has 1 aromatic carbocycles. The zero-order valence-corrected chi connectivity index (χ0v) is 14.2. The van der Waals surface area contributed by atoms with Crippen molar-refractivity contribution in [3.05, 3.63) is 50.7 Å². The summed E-state index contributed by atoms with van der Waals surface area (Å²) in [5.74, 6) is 0.735. The van der Waals surface area contributed by atoms with Crippen molar-refractivity contribution in [1.29, 1.82) is 0 Å². The Labute approximate surface area is 137 Å². The second-order valence-corrected chi connectivity index (χ2v) is 7.02. The zero-order valence-electron chi connectivity index (χ0n) is 12.6. The zero-order chi connectivity index (χ0) is 15.5. The molecule has 3 aromatic rings. The van der Waals surface area contributed by atoms with Crippen LogP contribution in [-0.4, -0.2) is 14.5 Å². The Hall–Kier alpha value is -1.66. The van der Waals surface area contributed by atoms with Gasteiger partial charge < -0.3 is 0 Å². The third-order valence-corrected chi connectivity index (χ3v) is 5.12. The number of thioether (sulfide) groups is 1. The van der Waals surface area contributed by atoms with Crippen molar-refractivity contribution in [2.75, 3.05) is 0 Å². The van der Waals surface area contributed by atoms with Gasteiger partial charge in [0, 0.05) is 17.7 Å². The molecule has 6 heteroatoms. The minimum Gasteiger partial charge on any atom is -0.287 e. The van der Waals surface area contributed by atoms with Crippen LogP contribution in [0.5, 0.6) is 0 Å². The first kappa shape index (κ1) is 15.2. The molecule has 0 aliphatic carbocycles. The quantitative estimate of drug-likeness (QED) is 0.526. The van der Waals surface area contributed by atoms with E-state index in [4.69, 9.17) is 0 Å². The molecule has 3 rings (SSSR count). The number of nitrogens with zero attached hydrogens (tertiary/aromatic N) is 3. The van der Waals surface area contributed by atoms with Crippen LogP contribution in [0.25, 0.3) is 10.9 Å². The molecule has 0 saturated heterocycles. The highest BCUT2D eigenvalue weighted by Gasteiger charge is 2.11. The van der Waals surface area contributed by atoms with Crippen LogP contribution in [0.3, 0.4) is 0 Å². The number of thiazole rings is 1. The molecule has 22 heavy (non-hydrogen) atoms. The van der Waals surface area contributed by atoms with Gasteiger partial charge in [0.2, 0.25) is 0 Å². The Morgan fingerprint density at radius 1 is 1.27 bits per heavy atom. The van der Waals surface area contributed by atoms with Crippen LogP contribution in [0, 0.1) is 6.92 Å². The largest absolute Gasteiger partial charge is 0.287 e. The molecule has 0 atom stereocenters. The Bertz CT molecular complexity index is 854. The van der Waals surface area contributed by atoms with Gasteiger partial charge in [0.05, 0.1) is 21.6 Å². The van der Waals surface area contributed by atoms with Crippen molar-refractivity contribution < 1.29 is 0 Å². The van der Waals surface area contributed by atoms with E-state index in [2.05, 4.69) is 22.3 Å². The SMILES string of the molecule is CCCn1c(SCc2csc(C)n2)nc2ccccc2c1=O. The van der Waals surface area contributed by atoms with Crippen molar-refractivity contribution in [2.24, 2.45) is 0 Å². The minimum absolute atomic E-state index is 0.0457. The Balaban J connectivity index is 1.99. The summed E-state index contributed by atoms with van der Waals surface area (Å²) < 4.78 is 1.78. The fourth-order valence-electron chi connectivity index (χ4n) is 2.29. The maximum Gasteiger partial charge on any atom is 0.262 e. The lowest BCUT2D eigenvalue weighted by Gasteiger charge is -2.11. The van der Waals surface area contributed by atoms with Crippen LogP contribution in [-0.2, 0) is 12.3 Å². The summed E-state index contributed by atoms with van der Waals surface area (Å²) in [5.41, 5.74) is 1.85. The van der Waals surface area contributed by atoms with Crippen LogP contribution in [0.1, 0.15) is 24.0 Å². The highest BCUT2D eigenvalue weighted by Crippen LogP contribution is 2.23. The average molecular weight is 331 g/mol. The number of aromatic nitrogens is 3. The van der Waals surface area contributed by atoms with Crippen LogP contribution in [0.2, 0.25) is 0 Å². The average Bonchev–Trinajstić information content (AvgIpc) is 2.94. The summed E-state index contributed by atoms with van der Waals surface area (Å²) >= 11 is 3.22. The van der Waals surface area contributed by atoms with Crippen LogP contribution >= 0.6 is 23.1 Å². The molecule has 0 amide bonds. The molecule has 0 aliphatic rings. The van der Waals surface area contributed by atoms with Crippen molar-refractivity contribution in [3.8, 4) is 0 Å². The fraction of sp³-hybridized carbons (Fsp3) is 0.312. The van der Waals surface area contributed by atoms with E-state index in [1.807, 2.05) is 31.2 Å². The summed E-state index contributed by atoms with van der Waals surface area (Å²) in [5, 5.41) is 4.58. The summed E-state index contributed by atoms with van der Waals surface area (Å²) in [6, 6.07) is 7.53. The van der Waals surface area contributed by atoms with Gasteiger partial charge in [0.1, 0.15) is 0 Å². The summed E-state index contributed by atoms with van der Waals surface area (Å²) in [6.45, 7) is 4.76. The number of aryl methyl sites for hydroxylation is 1. The highest BCUT2D eigenvalue weighted by molar-refractivity contribution is 7.98. The van der Waals surface area contributed by atoms with E-state index in [1.165, 1.54) is 0 Å². The van der Waals surface area contributed by atoms with E-state index in [0.29, 0.717) is 11.9 Å². The van der Waals surface area contributed by atoms with Gasteiger partial charge in [-0.05, 0) is 25.5 Å². The first-order chi connectivity index (χ1) is 10.7. The third-order valence-electron chi connectivity index (χ3n) is 3.29. The Morgan fingerprint density at radius 2 is 2.09 bits per heavy atom. The molecule has 2 aromatic heterocycles. The maximum atomic E-state index is 12.7. The number of para-hydroxylation sites is 1. The van der Waals surface area contributed by atoms with Crippen molar-refractivity contribution in [2.45, 2.75) is 37.7 Å². The first-order valence-corrected chi connectivity index (χ1v) is 9.09. The van der Waals surface area contributed by atoms with Gasteiger partial charge >= 0.3 is 0 Å². The highest BCUT2D eigenvalue weighted by atomic mass is 32.2. The van der Waals surface area contributed by atoms with Crippen molar-refractivity contribution in [3.63, 3.8) is 0 Å². The van der Waals surface area contributed by atoms with E-state index in [9.17, 15) is 4.79 Å². The van der Waals surface area contributed by atoms with Crippen LogP contribution in [0.15, 0.2) is 39.6 Å². The van der Waals surface area contributed by atoms with Gasteiger partial charge in [-0.25, -0.2) is 9.97 Å². The topological polar surface area (TPSA) is 47.8 Å². The van der Waals surface area contributed by atoms with Gasteiger partial charge in [-0.1, -0.05) is 30.8 Å². The lowest BCUT2D eigenvalue weighted by Crippen LogP contribution is -2.23. The molecule has 0 radical (unpaired) electrons. The normalized spacial score (nSPS) is 11.2. The molecule has 0 fully saturated rings. The molecule has 0 saturated carbocycles. The number of benzene rings is 1. The summed E-state index contributed by atoms with van der Waals surface area (Å²) in [4.78, 5) is 21.8. The lowest BCUT2D eigenvalue weighted by molar-refractivity contribution is 0.584. The number of fused-ring (bicyclic) bond motifs is 1. The molecule has 0 unspecified atom stereocenters. The predicted molar refractivity (Wildman–Crippen MR) is 92.7 cm³/mol. The van der Waals surface area contributed by atoms with Crippen molar-refractivity contribution in [1.82, 2.24) is 14.5 Å². The molecule has 114 valence electrons. The van der Waals surface area contributed by atoms with Gasteiger partial charge in [-0.2, -0.15) is 0 Å². The first-order valence-electron chi connectivity index (χ1n) is 7.22. The standard InChI is InChI=1S/C16H17N3OS2/c1-3-8-19-15(20)13-6-4-5-7-14(13)18-16(19)22-10-12-9-21-11(2)17-12/h4-7,9H,3,8,10H2,1-2H3. The Morgan fingerprint density at radius 3 is 2.82 bits per heavy atom. The fourth-order valence-corrected chi connectivity index (χ4v) is 3.93. The van der Waals surface area contributed by atoms with Gasteiger partial charge in [0.25, 0.3) is 5.56 Å². The monoisotopic (exact) mass is 331 g/mol. The van der Waals surface area contributed by atoms with E-state index < -0.39 is 0 Å². The van der Waals surface area contributed by atoms with E-state index >= 15 is 0 Å². The molecule has 0 N–H and O–H groups in total. The smallest absolute Gasteiger partial charge is 0.262 e. The number of hydrogen-bond donors (Lipinski definition) is 0. The molecular formula is C16H17N3OS2. The second-order valence-electron chi connectivity index (χ2n) is 5.01. The molecule has 4 nitrogen and oxygen atoms in total. The van der Waals surface area contributed by atoms with Crippen molar-refractivity contribution >= 4 is 34.0 Å². The third kappa shape index (κ3) is 3.08. The Kier molecular flexibility index (Phi) is 4.59. The molecular weight excluding hydrogens is 314 g/mol. The summed E-state index contributed by atoms with van der Waals surface area (Å²) in [7, 11) is 0. The molecule has 2 heterocycles. The van der Waals surface area contributed by atoms with Gasteiger partial charge in [0.15, 0.2) is 5.16 Å². The maximum absolute atomic E-state index is 12.7. The number of rotatable bonds is 5. The van der Waals surface area contributed by atoms with Crippen LogP contribution in [0.4, 0.5) is 0 Å². The molecule has 0 spiro atoms. The van der Waals surface area contributed by atoms with Crippen LogP contribution < -0.4 is 5.56 Å². The van der Waals surface area contributed by atoms with E-state index in [0.717, 1.165) is 33.5 Å². The van der Waals surface area contributed by atoms with E-state index in [-0.39, 0.29) is 5.56 Å². The summed E-state index contributed by atoms with van der Waals surface area (Å²) in [6.07, 6.45) is 0.906. The molecule has 0 bridgehead atoms. The number of hydrogen-bond acceptors (Lipinski definition) is 5. The second kappa shape index (κ2) is 6.62. The lowest BCUT2D eigenvalue weighted by atomic mass is 10.2. The molecule has 0 aliphatic heterocycles. The van der Waals surface area contributed by atoms with Gasteiger partial charge in [-0.15, -0.1) is 11.3 Å². The minimum atomic E-state index is 0.0457. The van der Waals surface area contributed by atoms with Gasteiger partial charge in [-0.3, -0.25) is 9.36 Å². The van der Waals surface area contributed by atoms with E-state index in [1.54, 1.807) is 27.7 Å². The predicted octanol–water partition coefficient (Wildman–Crippen LogP) is 3.86.